The molecule has 1 atom stereocenters. The van der Waals surface area contributed by atoms with E-state index in [4.69, 9.17) is 9.47 Å². The largest absolute Gasteiger partial charge is 0.486 e. The van der Waals surface area contributed by atoms with Crippen molar-refractivity contribution in [3.63, 3.8) is 0 Å². The molecule has 0 unspecified atom stereocenters. The number of nitrogens with zero attached hydrogens (tertiary/aromatic N) is 2. The van der Waals surface area contributed by atoms with Gasteiger partial charge in [0.15, 0.2) is 11.5 Å². The van der Waals surface area contributed by atoms with Crippen molar-refractivity contribution in [2.75, 3.05) is 24.1 Å². The van der Waals surface area contributed by atoms with Crippen LogP contribution in [0.1, 0.15) is 31.9 Å². The van der Waals surface area contributed by atoms with Crippen LogP contribution >= 0.6 is 0 Å². The Bertz CT molecular complexity index is 1460. The van der Waals surface area contributed by atoms with Gasteiger partial charge in [0.2, 0.25) is 11.8 Å². The molecule has 1 N–H and O–H groups in total. The van der Waals surface area contributed by atoms with Crippen LogP contribution in [0.3, 0.4) is 0 Å². The summed E-state index contributed by atoms with van der Waals surface area (Å²) in [4.78, 5) is 28.5. The van der Waals surface area contributed by atoms with E-state index in [1.165, 1.54) is 17.0 Å². The maximum atomic E-state index is 14.0. The minimum Gasteiger partial charge on any atom is -0.486 e. The van der Waals surface area contributed by atoms with Crippen molar-refractivity contribution in [3.05, 3.63) is 83.9 Å². The van der Waals surface area contributed by atoms with Crippen molar-refractivity contribution in [3.8, 4) is 11.5 Å². The molecular formula is C30H35N3O6S. The maximum absolute atomic E-state index is 14.0. The summed E-state index contributed by atoms with van der Waals surface area (Å²) in [7, 11) is -4.17. The molecule has 40 heavy (non-hydrogen) atoms. The molecule has 1 aliphatic rings. The van der Waals surface area contributed by atoms with Gasteiger partial charge in [-0.25, -0.2) is 8.42 Å². The van der Waals surface area contributed by atoms with Crippen molar-refractivity contribution in [1.29, 1.82) is 0 Å². The zero-order valence-corrected chi connectivity index (χ0v) is 24.0. The number of sulfonamides is 1. The molecule has 10 heteroatoms. The summed E-state index contributed by atoms with van der Waals surface area (Å²) in [5.74, 6) is 0.0437. The van der Waals surface area contributed by atoms with Crippen LogP contribution in [0.15, 0.2) is 77.7 Å². The van der Waals surface area contributed by atoms with Gasteiger partial charge < -0.3 is 19.7 Å². The molecule has 1 aliphatic heterocycles. The van der Waals surface area contributed by atoms with Gasteiger partial charge in [-0.15, -0.1) is 0 Å². The first-order valence-corrected chi connectivity index (χ1v) is 14.6. The van der Waals surface area contributed by atoms with E-state index < -0.39 is 28.5 Å². The van der Waals surface area contributed by atoms with Gasteiger partial charge in [-0.05, 0) is 63.1 Å². The Kier molecular flexibility index (Phi) is 8.99. The second-order valence-electron chi connectivity index (χ2n) is 9.94. The van der Waals surface area contributed by atoms with E-state index in [-0.39, 0.29) is 29.1 Å². The minimum absolute atomic E-state index is 0.0359. The number of ether oxygens (including phenoxy) is 2. The zero-order valence-electron chi connectivity index (χ0n) is 23.2. The number of aryl methyl sites for hydroxylation is 1. The molecule has 212 valence electrons. The number of amides is 2. The Morgan fingerprint density at radius 1 is 0.900 bits per heavy atom. The standard InChI is InChI=1S/C30H35N3O6S/c1-21(2)31-30(35)23(4)32(19-24-11-9-8-10-22(24)3)29(34)20-33(40(36,37)26-12-6-5-7-13-26)25-14-15-27-28(18-25)39-17-16-38-27/h5-15,18,21,23H,16-17,19-20H2,1-4H3,(H,31,35)/t23-/m1/s1. The van der Waals surface area contributed by atoms with Crippen LogP contribution in [0.2, 0.25) is 0 Å². The van der Waals surface area contributed by atoms with E-state index in [1.807, 2.05) is 45.0 Å². The van der Waals surface area contributed by atoms with Crippen molar-refractivity contribution < 1.29 is 27.5 Å². The predicted octanol–water partition coefficient (Wildman–Crippen LogP) is 3.90. The highest BCUT2D eigenvalue weighted by atomic mass is 32.2. The van der Waals surface area contributed by atoms with Crippen molar-refractivity contribution in [2.24, 2.45) is 0 Å². The molecule has 0 aromatic heterocycles. The molecule has 2 amide bonds. The molecule has 9 nitrogen and oxygen atoms in total. The number of carbonyl (C=O) groups excluding carboxylic acids is 2. The number of anilines is 1. The number of fused-ring (bicyclic) bond motifs is 1. The van der Waals surface area contributed by atoms with E-state index in [1.54, 1.807) is 43.3 Å². The first-order valence-electron chi connectivity index (χ1n) is 13.2. The lowest BCUT2D eigenvalue weighted by Crippen LogP contribution is -2.52. The number of carbonyl (C=O) groups is 2. The van der Waals surface area contributed by atoms with Gasteiger partial charge in [0.1, 0.15) is 25.8 Å². The SMILES string of the molecule is Cc1ccccc1CN(C(=O)CN(c1ccc2c(c1)OCCO2)S(=O)(=O)c1ccccc1)[C@H](C)C(=O)NC(C)C. The van der Waals surface area contributed by atoms with Gasteiger partial charge in [0, 0.05) is 18.7 Å². The molecule has 4 rings (SSSR count). The first kappa shape index (κ1) is 28.9. The van der Waals surface area contributed by atoms with Crippen molar-refractivity contribution >= 4 is 27.5 Å². The minimum atomic E-state index is -4.17. The van der Waals surface area contributed by atoms with Gasteiger partial charge in [-0.2, -0.15) is 0 Å². The monoisotopic (exact) mass is 565 g/mol. The number of rotatable bonds is 10. The van der Waals surface area contributed by atoms with E-state index in [2.05, 4.69) is 5.32 Å². The van der Waals surface area contributed by atoms with Crippen LogP contribution in [0, 0.1) is 6.92 Å². The fourth-order valence-corrected chi connectivity index (χ4v) is 5.82. The van der Waals surface area contributed by atoms with E-state index in [0.717, 1.165) is 15.4 Å². The van der Waals surface area contributed by atoms with Gasteiger partial charge >= 0.3 is 0 Å². The lowest BCUT2D eigenvalue weighted by molar-refractivity contribution is -0.139. The summed E-state index contributed by atoms with van der Waals surface area (Å²) in [5, 5.41) is 2.86. The highest BCUT2D eigenvalue weighted by Gasteiger charge is 2.33. The lowest BCUT2D eigenvalue weighted by atomic mass is 10.1. The summed E-state index contributed by atoms with van der Waals surface area (Å²) in [5.41, 5.74) is 2.06. The smallest absolute Gasteiger partial charge is 0.264 e. The van der Waals surface area contributed by atoms with Gasteiger partial charge in [-0.1, -0.05) is 42.5 Å². The molecule has 0 aliphatic carbocycles. The molecular weight excluding hydrogens is 530 g/mol. The third kappa shape index (κ3) is 6.56. The van der Waals surface area contributed by atoms with Gasteiger partial charge in [-0.3, -0.25) is 13.9 Å². The Labute approximate surface area is 235 Å². The molecule has 0 fully saturated rings. The third-order valence-electron chi connectivity index (χ3n) is 6.62. The highest BCUT2D eigenvalue weighted by molar-refractivity contribution is 7.92. The van der Waals surface area contributed by atoms with Crippen molar-refractivity contribution in [1.82, 2.24) is 10.2 Å². The Morgan fingerprint density at radius 3 is 2.23 bits per heavy atom. The molecule has 0 saturated heterocycles. The number of hydrogen-bond donors (Lipinski definition) is 1. The molecule has 0 saturated carbocycles. The quantitative estimate of drug-likeness (QED) is 0.400. The molecule has 0 spiro atoms. The average Bonchev–Trinajstić information content (AvgIpc) is 2.94. The lowest BCUT2D eigenvalue weighted by Gasteiger charge is -2.33. The summed E-state index contributed by atoms with van der Waals surface area (Å²) in [6.07, 6.45) is 0. The molecule has 3 aromatic carbocycles. The van der Waals surface area contributed by atoms with Crippen LogP contribution in [0.5, 0.6) is 11.5 Å². The van der Waals surface area contributed by atoms with Crippen LogP contribution in [0.4, 0.5) is 5.69 Å². The fraction of sp³-hybridized carbons (Fsp3) is 0.333. The van der Waals surface area contributed by atoms with Crippen molar-refractivity contribution in [2.45, 2.75) is 51.2 Å². The van der Waals surface area contributed by atoms with Gasteiger partial charge in [0.05, 0.1) is 10.6 Å². The van der Waals surface area contributed by atoms with E-state index >= 15 is 0 Å². The van der Waals surface area contributed by atoms with Crippen LogP contribution < -0.4 is 19.1 Å². The number of hydrogen-bond acceptors (Lipinski definition) is 6. The predicted molar refractivity (Wildman–Crippen MR) is 153 cm³/mol. The molecule has 0 radical (unpaired) electrons. The fourth-order valence-electron chi connectivity index (χ4n) is 4.39. The summed E-state index contributed by atoms with van der Waals surface area (Å²) >= 11 is 0. The first-order chi connectivity index (χ1) is 19.1. The number of benzene rings is 3. The summed E-state index contributed by atoms with van der Waals surface area (Å²) in [6.45, 7) is 7.59. The van der Waals surface area contributed by atoms with Gasteiger partial charge in [0.25, 0.3) is 10.0 Å². The summed E-state index contributed by atoms with van der Waals surface area (Å²) in [6, 6.07) is 19.3. The van der Waals surface area contributed by atoms with Crippen LogP contribution in [0.25, 0.3) is 0 Å². The Balaban J connectivity index is 1.74. The third-order valence-corrected chi connectivity index (χ3v) is 8.41. The molecule has 0 bridgehead atoms. The topological polar surface area (TPSA) is 105 Å². The van der Waals surface area contributed by atoms with Crippen LogP contribution in [-0.2, 0) is 26.2 Å². The maximum Gasteiger partial charge on any atom is 0.264 e. The molecule has 3 aromatic rings. The Hall–Kier alpha value is -4.05. The summed E-state index contributed by atoms with van der Waals surface area (Å²) < 4.78 is 40.2. The zero-order chi connectivity index (χ0) is 28.9. The second kappa shape index (κ2) is 12.4. The normalized spacial score (nSPS) is 13.4. The molecule has 1 heterocycles. The second-order valence-corrected chi connectivity index (χ2v) is 11.8. The van der Waals surface area contributed by atoms with E-state index in [9.17, 15) is 18.0 Å². The highest BCUT2D eigenvalue weighted by Crippen LogP contribution is 2.36. The number of nitrogens with one attached hydrogen (secondary N) is 1. The van der Waals surface area contributed by atoms with E-state index in [0.29, 0.717) is 24.7 Å². The van der Waals surface area contributed by atoms with Crippen LogP contribution in [-0.4, -0.2) is 57.0 Å². The Morgan fingerprint density at radius 2 is 1.55 bits per heavy atom. The average molecular weight is 566 g/mol.